The van der Waals surface area contributed by atoms with Crippen LogP contribution in [0.3, 0.4) is 0 Å². The monoisotopic (exact) mass is 559 g/mol. The maximum atomic E-state index is 14.0. The highest BCUT2D eigenvalue weighted by atomic mass is 19.4. The molecule has 0 aliphatic carbocycles. The zero-order chi connectivity index (χ0) is 29.0. The molecule has 2 atom stereocenters. The van der Waals surface area contributed by atoms with E-state index in [2.05, 4.69) is 9.88 Å². The maximum absolute atomic E-state index is 14.0. The summed E-state index contributed by atoms with van der Waals surface area (Å²) in [7, 11) is 5.15. The Bertz CT molecular complexity index is 1330. The van der Waals surface area contributed by atoms with E-state index in [1.54, 1.807) is 36.8 Å². The van der Waals surface area contributed by atoms with E-state index in [4.69, 9.17) is 0 Å². The van der Waals surface area contributed by atoms with E-state index < -0.39 is 29.5 Å². The molecule has 11 heteroatoms. The highest BCUT2D eigenvalue weighted by Crippen LogP contribution is 2.33. The molecule has 1 aliphatic rings. The molecule has 4 rings (SSSR count). The number of nitrogens with zero attached hydrogens (tertiary/aromatic N) is 5. The van der Waals surface area contributed by atoms with Crippen molar-refractivity contribution in [3.63, 3.8) is 0 Å². The average Bonchev–Trinajstić information content (AvgIpc) is 3.21. The van der Waals surface area contributed by atoms with Crippen LogP contribution in [0.25, 0.3) is 0 Å². The quantitative estimate of drug-likeness (QED) is 0.387. The van der Waals surface area contributed by atoms with Gasteiger partial charge in [-0.15, -0.1) is 0 Å². The fourth-order valence-electron chi connectivity index (χ4n) is 5.18. The maximum Gasteiger partial charge on any atom is 0.419 e. The Morgan fingerprint density at radius 1 is 1.07 bits per heavy atom. The summed E-state index contributed by atoms with van der Waals surface area (Å²) in [5, 5.41) is 0. The number of carbonyl (C=O) groups is 2. The van der Waals surface area contributed by atoms with Crippen LogP contribution in [0, 0.1) is 5.82 Å². The van der Waals surface area contributed by atoms with Crippen molar-refractivity contribution in [2.45, 2.75) is 44.1 Å². The number of halogens is 4. The Morgan fingerprint density at radius 2 is 1.80 bits per heavy atom. The van der Waals surface area contributed by atoms with Crippen molar-refractivity contribution in [2.24, 2.45) is 7.05 Å². The number of hydrogen-bond acceptors (Lipinski definition) is 4. The number of rotatable bonds is 7. The second-order valence-corrected chi connectivity index (χ2v) is 10.3. The molecular weight excluding hydrogens is 526 g/mol. The first kappa shape index (κ1) is 29.3. The number of amides is 2. The number of alkyl halides is 3. The topological polar surface area (TPSA) is 61.7 Å². The van der Waals surface area contributed by atoms with E-state index in [-0.39, 0.29) is 29.8 Å². The normalized spacial score (nSPS) is 17.2. The molecule has 1 aromatic heterocycles. The third-order valence-corrected chi connectivity index (χ3v) is 7.20. The molecule has 2 aromatic carbocycles. The van der Waals surface area contributed by atoms with Crippen LogP contribution in [-0.4, -0.2) is 69.3 Å². The smallest absolute Gasteiger partial charge is 0.347 e. The molecule has 0 bridgehead atoms. The Balaban J connectivity index is 1.62. The summed E-state index contributed by atoms with van der Waals surface area (Å²) >= 11 is 0. The van der Waals surface area contributed by atoms with Gasteiger partial charge in [-0.25, -0.2) is 9.37 Å². The van der Waals surface area contributed by atoms with Gasteiger partial charge in [0.05, 0.1) is 11.9 Å². The number of hydrogen-bond donors (Lipinski definition) is 0. The predicted octanol–water partition coefficient (Wildman–Crippen LogP) is 4.90. The Labute approximate surface area is 231 Å². The van der Waals surface area contributed by atoms with Gasteiger partial charge in [0.2, 0.25) is 5.91 Å². The molecule has 2 heterocycles. The molecule has 0 spiro atoms. The van der Waals surface area contributed by atoms with Gasteiger partial charge < -0.3 is 14.4 Å². The molecule has 1 aliphatic heterocycles. The zero-order valence-corrected chi connectivity index (χ0v) is 22.7. The number of carbonyl (C=O) groups excluding carboxylic acids is 2. The van der Waals surface area contributed by atoms with Gasteiger partial charge >= 0.3 is 6.18 Å². The first-order chi connectivity index (χ1) is 19.0. The molecule has 2 amide bonds. The summed E-state index contributed by atoms with van der Waals surface area (Å²) in [6, 6.07) is 11.5. The minimum atomic E-state index is -4.86. The molecule has 214 valence electrons. The van der Waals surface area contributed by atoms with E-state index in [1.165, 1.54) is 17.3 Å². The summed E-state index contributed by atoms with van der Waals surface area (Å²) in [4.78, 5) is 36.2. The lowest BCUT2D eigenvalue weighted by Crippen LogP contribution is -2.42. The predicted molar refractivity (Wildman–Crippen MR) is 142 cm³/mol. The third kappa shape index (κ3) is 6.70. The number of likely N-dealkylation sites (N-methyl/N-ethyl adjacent to an activating group) is 1. The molecule has 7 nitrogen and oxygen atoms in total. The molecule has 2 unspecified atom stereocenters. The van der Waals surface area contributed by atoms with Gasteiger partial charge in [0.15, 0.2) is 0 Å². The van der Waals surface area contributed by atoms with Crippen LogP contribution in [-0.2, 0) is 24.6 Å². The van der Waals surface area contributed by atoms with Crippen molar-refractivity contribution in [1.82, 2.24) is 24.3 Å². The Hall–Kier alpha value is -3.73. The summed E-state index contributed by atoms with van der Waals surface area (Å²) in [6.07, 6.45) is -0.0688. The highest BCUT2D eigenvalue weighted by Gasteiger charge is 2.36. The summed E-state index contributed by atoms with van der Waals surface area (Å²) in [6.45, 7) is 0.964. The minimum absolute atomic E-state index is 0.0583. The van der Waals surface area contributed by atoms with Crippen LogP contribution < -0.4 is 0 Å². The summed E-state index contributed by atoms with van der Waals surface area (Å²) < 4.78 is 55.8. The van der Waals surface area contributed by atoms with Crippen molar-refractivity contribution < 1.29 is 27.2 Å². The van der Waals surface area contributed by atoms with E-state index in [1.807, 2.05) is 30.3 Å². The van der Waals surface area contributed by atoms with Crippen LogP contribution in [0.2, 0.25) is 0 Å². The highest BCUT2D eigenvalue weighted by molar-refractivity contribution is 5.92. The Kier molecular flexibility index (Phi) is 8.92. The van der Waals surface area contributed by atoms with Gasteiger partial charge in [0.25, 0.3) is 5.91 Å². The van der Waals surface area contributed by atoms with Crippen LogP contribution in [0.1, 0.15) is 52.5 Å². The molecule has 0 N–H and O–H groups in total. The van der Waals surface area contributed by atoms with Crippen molar-refractivity contribution in [2.75, 3.05) is 27.2 Å². The van der Waals surface area contributed by atoms with Crippen LogP contribution in [0.5, 0.6) is 0 Å². The second kappa shape index (κ2) is 12.2. The van der Waals surface area contributed by atoms with Gasteiger partial charge in [-0.2, -0.15) is 13.2 Å². The van der Waals surface area contributed by atoms with E-state index in [9.17, 15) is 27.2 Å². The van der Waals surface area contributed by atoms with E-state index >= 15 is 0 Å². The molecule has 0 radical (unpaired) electrons. The van der Waals surface area contributed by atoms with Crippen molar-refractivity contribution in [3.05, 3.63) is 89.3 Å². The summed E-state index contributed by atoms with van der Waals surface area (Å²) in [5.74, 6) is -1.83. The van der Waals surface area contributed by atoms with Crippen molar-refractivity contribution in [3.8, 4) is 0 Å². The van der Waals surface area contributed by atoms with Gasteiger partial charge in [0.1, 0.15) is 17.6 Å². The molecule has 0 saturated carbocycles. The zero-order valence-electron chi connectivity index (χ0n) is 22.7. The van der Waals surface area contributed by atoms with Crippen LogP contribution in [0.15, 0.2) is 61.1 Å². The minimum Gasteiger partial charge on any atom is -0.347 e. The molecular formula is C29H33F4N5O2. The fraction of sp³-hybridized carbons (Fsp3) is 0.414. The number of aromatic nitrogens is 2. The van der Waals surface area contributed by atoms with E-state index in [0.717, 1.165) is 17.7 Å². The second-order valence-electron chi connectivity index (χ2n) is 10.3. The molecule has 40 heavy (non-hydrogen) atoms. The van der Waals surface area contributed by atoms with E-state index in [0.29, 0.717) is 32.4 Å². The lowest BCUT2D eigenvalue weighted by molar-refractivity contribution is -0.140. The first-order valence-electron chi connectivity index (χ1n) is 13.1. The molecule has 1 fully saturated rings. The van der Waals surface area contributed by atoms with Crippen LogP contribution >= 0.6 is 0 Å². The van der Waals surface area contributed by atoms with Gasteiger partial charge in [-0.05, 0) is 49.1 Å². The third-order valence-electron chi connectivity index (χ3n) is 7.20. The fourth-order valence-corrected chi connectivity index (χ4v) is 5.18. The lowest BCUT2D eigenvalue weighted by atomic mass is 10.0. The number of benzene rings is 2. The number of likely N-dealkylation sites (tertiary alicyclic amines) is 1. The van der Waals surface area contributed by atoms with Crippen LogP contribution in [0.4, 0.5) is 17.6 Å². The number of imidazole rings is 1. The molecule has 3 aromatic rings. The largest absolute Gasteiger partial charge is 0.419 e. The Morgan fingerprint density at radius 3 is 2.42 bits per heavy atom. The average molecular weight is 560 g/mol. The lowest BCUT2D eigenvalue weighted by Gasteiger charge is -2.33. The van der Waals surface area contributed by atoms with Gasteiger partial charge in [-0.3, -0.25) is 14.5 Å². The number of aryl methyl sites for hydroxylation is 1. The van der Waals surface area contributed by atoms with Gasteiger partial charge in [0, 0.05) is 46.5 Å². The first-order valence-corrected chi connectivity index (χ1v) is 13.1. The van der Waals surface area contributed by atoms with Crippen molar-refractivity contribution >= 4 is 11.8 Å². The SMILES string of the molecule is CN(C)C(=O)C(c1ccccc1)N1CCCC(N(Cc2ccc(F)c(C(F)(F)F)c2)C(=O)c2cn(C)cn2)CC1. The van der Waals surface area contributed by atoms with Crippen molar-refractivity contribution in [1.29, 1.82) is 0 Å². The van der Waals surface area contributed by atoms with Gasteiger partial charge in [-0.1, -0.05) is 36.4 Å². The standard InChI is InChI=1S/C29H33F4N5O2/c1-35(2)28(40)26(21-8-5-4-6-9-21)37-14-7-10-22(13-15-37)38(27(39)25-18-36(3)19-34-25)17-20-11-12-24(30)23(16-20)29(31,32)33/h4-6,8-9,11-12,16,18-19,22,26H,7,10,13-15,17H2,1-3H3. The summed E-state index contributed by atoms with van der Waals surface area (Å²) in [5.41, 5.74) is -0.155. The molecule has 1 saturated heterocycles.